The Morgan fingerprint density at radius 3 is 2.11 bits per heavy atom. The Bertz CT molecular complexity index is 655. The van der Waals surface area contributed by atoms with Crippen LogP contribution < -0.4 is 5.32 Å². The van der Waals surface area contributed by atoms with E-state index in [9.17, 15) is 18.0 Å². The molecular formula is C18H26F3N3O3. The van der Waals surface area contributed by atoms with E-state index in [0.717, 1.165) is 25.7 Å². The molecule has 0 spiro atoms. The Hall–Kier alpha value is -1.80. The molecule has 2 fully saturated rings. The van der Waals surface area contributed by atoms with Crippen LogP contribution in [0.25, 0.3) is 0 Å². The molecule has 1 aromatic heterocycles. The largest absolute Gasteiger partial charge is 0.444 e. The van der Waals surface area contributed by atoms with Crippen molar-refractivity contribution in [3.05, 3.63) is 11.8 Å². The monoisotopic (exact) mass is 389 g/mol. The summed E-state index contributed by atoms with van der Waals surface area (Å²) in [4.78, 5) is 11.8. The number of halogens is 3. The van der Waals surface area contributed by atoms with Gasteiger partial charge in [0.1, 0.15) is 5.60 Å². The van der Waals surface area contributed by atoms with Crippen molar-refractivity contribution in [1.82, 2.24) is 15.5 Å². The number of carbonyl (C=O) groups excluding carboxylic acids is 1. The minimum absolute atomic E-state index is 0.0255. The van der Waals surface area contributed by atoms with E-state index < -0.39 is 23.8 Å². The van der Waals surface area contributed by atoms with Gasteiger partial charge in [-0.05, 0) is 59.3 Å². The summed E-state index contributed by atoms with van der Waals surface area (Å²) in [6.07, 6.45) is -1.43. The molecule has 0 unspecified atom stereocenters. The Balaban J connectivity index is 1.45. The zero-order valence-corrected chi connectivity index (χ0v) is 15.8. The number of hydrogen-bond donors (Lipinski definition) is 1. The van der Waals surface area contributed by atoms with Crippen LogP contribution in [-0.4, -0.2) is 34.1 Å². The molecule has 0 atom stereocenters. The molecule has 1 heterocycles. The average Bonchev–Trinajstić information content (AvgIpc) is 2.92. The van der Waals surface area contributed by atoms with Gasteiger partial charge in [-0.25, -0.2) is 4.79 Å². The number of hydrogen-bond acceptors (Lipinski definition) is 5. The van der Waals surface area contributed by atoms with E-state index in [2.05, 4.69) is 15.5 Å². The average molecular weight is 389 g/mol. The van der Waals surface area contributed by atoms with Crippen LogP contribution in [0.2, 0.25) is 0 Å². The van der Waals surface area contributed by atoms with E-state index in [4.69, 9.17) is 9.15 Å². The summed E-state index contributed by atoms with van der Waals surface area (Å²) in [6, 6.07) is 0.0395. The molecule has 6 nitrogen and oxygen atoms in total. The molecule has 0 aromatic carbocycles. The number of amides is 1. The SMILES string of the molecule is CC(C)(C)OC(=O)N[C@H]1CC[C@H](c2nnc([C@H]3C[C@@H](C(F)(F)F)C3)o2)CC1. The van der Waals surface area contributed by atoms with Crippen LogP contribution >= 0.6 is 0 Å². The van der Waals surface area contributed by atoms with Crippen LogP contribution in [0.3, 0.4) is 0 Å². The fourth-order valence-corrected chi connectivity index (χ4v) is 3.62. The molecule has 152 valence electrons. The maximum atomic E-state index is 12.6. The van der Waals surface area contributed by atoms with Crippen molar-refractivity contribution in [2.24, 2.45) is 5.92 Å². The number of alkyl halides is 3. The number of ether oxygens (including phenoxy) is 1. The molecule has 27 heavy (non-hydrogen) atoms. The lowest BCUT2D eigenvalue weighted by atomic mass is 9.74. The third-order valence-electron chi connectivity index (χ3n) is 5.20. The first kappa shape index (κ1) is 19.9. The van der Waals surface area contributed by atoms with E-state index in [1.807, 2.05) is 20.8 Å². The maximum Gasteiger partial charge on any atom is 0.407 e. The first-order chi connectivity index (χ1) is 12.5. The molecule has 0 aliphatic heterocycles. The van der Waals surface area contributed by atoms with Crippen LogP contribution in [-0.2, 0) is 4.74 Å². The van der Waals surface area contributed by atoms with Gasteiger partial charge in [0, 0.05) is 17.9 Å². The van der Waals surface area contributed by atoms with E-state index in [0.29, 0.717) is 11.8 Å². The summed E-state index contributed by atoms with van der Waals surface area (Å²) in [5, 5.41) is 10.9. The van der Waals surface area contributed by atoms with Crippen molar-refractivity contribution in [2.45, 2.75) is 89.0 Å². The minimum atomic E-state index is -4.14. The van der Waals surface area contributed by atoms with E-state index in [1.165, 1.54) is 0 Å². The second-order valence-electron chi connectivity index (χ2n) is 8.58. The molecule has 2 aliphatic carbocycles. The van der Waals surface area contributed by atoms with Gasteiger partial charge in [0.2, 0.25) is 11.8 Å². The van der Waals surface area contributed by atoms with Gasteiger partial charge < -0.3 is 14.5 Å². The molecule has 0 saturated heterocycles. The molecule has 1 aromatic rings. The Kier molecular flexibility index (Phi) is 5.40. The van der Waals surface area contributed by atoms with Crippen LogP contribution in [0, 0.1) is 5.92 Å². The zero-order valence-electron chi connectivity index (χ0n) is 15.8. The third-order valence-corrected chi connectivity index (χ3v) is 5.20. The quantitative estimate of drug-likeness (QED) is 0.812. The van der Waals surface area contributed by atoms with Gasteiger partial charge in [-0.2, -0.15) is 13.2 Å². The van der Waals surface area contributed by atoms with Gasteiger partial charge in [-0.3, -0.25) is 0 Å². The highest BCUT2D eigenvalue weighted by Crippen LogP contribution is 2.49. The predicted octanol–water partition coefficient (Wildman–Crippen LogP) is 4.68. The minimum Gasteiger partial charge on any atom is -0.444 e. The number of alkyl carbamates (subject to hydrolysis) is 1. The smallest absolute Gasteiger partial charge is 0.407 e. The molecule has 0 bridgehead atoms. The van der Waals surface area contributed by atoms with Gasteiger partial charge >= 0.3 is 12.3 Å². The number of aromatic nitrogens is 2. The highest BCUT2D eigenvalue weighted by Gasteiger charge is 2.49. The predicted molar refractivity (Wildman–Crippen MR) is 90.2 cm³/mol. The summed E-state index contributed by atoms with van der Waals surface area (Å²) < 4.78 is 48.7. The highest BCUT2D eigenvalue weighted by atomic mass is 19.4. The topological polar surface area (TPSA) is 77.2 Å². The van der Waals surface area contributed by atoms with Crippen LogP contribution in [0.1, 0.15) is 82.9 Å². The van der Waals surface area contributed by atoms with Crippen LogP contribution in [0.15, 0.2) is 4.42 Å². The summed E-state index contributed by atoms with van der Waals surface area (Å²) in [6.45, 7) is 5.45. The van der Waals surface area contributed by atoms with E-state index >= 15 is 0 Å². The number of nitrogens with one attached hydrogen (secondary N) is 1. The first-order valence-corrected chi connectivity index (χ1v) is 9.41. The molecule has 3 rings (SSSR count). The second-order valence-corrected chi connectivity index (χ2v) is 8.58. The Morgan fingerprint density at radius 2 is 1.59 bits per heavy atom. The van der Waals surface area contributed by atoms with Gasteiger partial charge in [0.25, 0.3) is 0 Å². The van der Waals surface area contributed by atoms with Crippen molar-refractivity contribution in [3.8, 4) is 0 Å². The van der Waals surface area contributed by atoms with Gasteiger partial charge in [-0.15, -0.1) is 10.2 Å². The molecule has 1 N–H and O–H groups in total. The lowest BCUT2D eigenvalue weighted by Crippen LogP contribution is -2.40. The van der Waals surface area contributed by atoms with Crippen LogP contribution in [0.5, 0.6) is 0 Å². The number of nitrogens with zero attached hydrogens (tertiary/aromatic N) is 2. The van der Waals surface area contributed by atoms with Crippen molar-refractivity contribution in [3.63, 3.8) is 0 Å². The summed E-state index contributed by atoms with van der Waals surface area (Å²) in [7, 11) is 0. The van der Waals surface area contributed by atoms with E-state index in [-0.39, 0.29) is 30.7 Å². The molecule has 2 aliphatic rings. The van der Waals surface area contributed by atoms with Gasteiger partial charge in [0.15, 0.2) is 0 Å². The standard InChI is InChI=1S/C18H26F3N3O3/c1-17(2,3)27-16(25)22-13-6-4-10(5-7-13)14-23-24-15(26-14)11-8-12(9-11)18(19,20)21/h10-13H,4-9H2,1-3H3,(H,22,25)/t10-,11-,12+,13-. The normalized spacial score (nSPS) is 29.1. The number of rotatable bonds is 3. The summed E-state index contributed by atoms with van der Waals surface area (Å²) in [5.74, 6) is -0.646. The number of carbonyl (C=O) groups is 1. The second kappa shape index (κ2) is 7.31. The summed E-state index contributed by atoms with van der Waals surface area (Å²) in [5.41, 5.74) is -0.534. The summed E-state index contributed by atoms with van der Waals surface area (Å²) >= 11 is 0. The molecule has 9 heteroatoms. The Labute approximate surface area is 156 Å². The zero-order chi connectivity index (χ0) is 19.8. The highest BCUT2D eigenvalue weighted by molar-refractivity contribution is 5.68. The van der Waals surface area contributed by atoms with Crippen molar-refractivity contribution in [1.29, 1.82) is 0 Å². The van der Waals surface area contributed by atoms with Crippen LogP contribution in [0.4, 0.5) is 18.0 Å². The first-order valence-electron chi connectivity index (χ1n) is 9.41. The fraction of sp³-hybridized carbons (Fsp3) is 0.833. The third kappa shape index (κ3) is 5.13. The van der Waals surface area contributed by atoms with Crippen molar-refractivity contribution < 1.29 is 27.1 Å². The molecule has 0 radical (unpaired) electrons. The molecular weight excluding hydrogens is 363 g/mol. The fourth-order valence-electron chi connectivity index (χ4n) is 3.62. The van der Waals surface area contributed by atoms with Gasteiger partial charge in [-0.1, -0.05) is 0 Å². The molecule has 2 saturated carbocycles. The van der Waals surface area contributed by atoms with Crippen molar-refractivity contribution >= 4 is 6.09 Å². The lowest BCUT2D eigenvalue weighted by Gasteiger charge is -2.34. The van der Waals surface area contributed by atoms with Gasteiger partial charge in [0.05, 0.1) is 5.92 Å². The van der Waals surface area contributed by atoms with E-state index in [1.54, 1.807) is 0 Å². The van der Waals surface area contributed by atoms with Crippen molar-refractivity contribution in [2.75, 3.05) is 0 Å². The lowest BCUT2D eigenvalue weighted by molar-refractivity contribution is -0.198. The Morgan fingerprint density at radius 1 is 1.04 bits per heavy atom. The molecule has 1 amide bonds. The maximum absolute atomic E-state index is 12.6.